The summed E-state index contributed by atoms with van der Waals surface area (Å²) < 4.78 is 6.44. The highest BCUT2D eigenvalue weighted by Crippen LogP contribution is 2.60. The van der Waals surface area contributed by atoms with Crippen LogP contribution in [0.15, 0.2) is 11.6 Å². The fourth-order valence-electron chi connectivity index (χ4n) is 5.72. The van der Waals surface area contributed by atoms with Gasteiger partial charge in [-0.3, -0.25) is 0 Å². The summed E-state index contributed by atoms with van der Waals surface area (Å²) in [6.07, 6.45) is 9.97. The molecule has 3 nitrogen and oxygen atoms in total. The second-order valence-electron chi connectivity index (χ2n) is 9.25. The summed E-state index contributed by atoms with van der Waals surface area (Å²) in [5.74, 6) is 1.45. The van der Waals surface area contributed by atoms with Gasteiger partial charge in [-0.15, -0.1) is 0 Å². The van der Waals surface area contributed by atoms with E-state index in [9.17, 15) is 4.79 Å². The molecule has 0 saturated heterocycles. The zero-order chi connectivity index (χ0) is 16.8. The van der Waals surface area contributed by atoms with Gasteiger partial charge in [0.15, 0.2) is 0 Å². The van der Waals surface area contributed by atoms with Crippen LogP contribution in [0.1, 0.15) is 72.6 Å². The second-order valence-corrected chi connectivity index (χ2v) is 9.25. The van der Waals surface area contributed by atoms with E-state index in [2.05, 4.69) is 27.7 Å². The molecule has 0 heterocycles. The molecule has 3 aliphatic carbocycles. The molecule has 0 aromatic rings. The van der Waals surface area contributed by atoms with Gasteiger partial charge in [-0.1, -0.05) is 12.5 Å². The fraction of sp³-hybridized carbons (Fsp3) is 0.850. The van der Waals surface area contributed by atoms with Gasteiger partial charge in [-0.2, -0.15) is 0 Å². The average molecular weight is 320 g/mol. The minimum absolute atomic E-state index is 0.0661. The maximum absolute atomic E-state index is 10.9. The number of ether oxygens (including phenoxy) is 1. The Morgan fingerprint density at radius 1 is 1.26 bits per heavy atom. The van der Waals surface area contributed by atoms with Gasteiger partial charge >= 0.3 is 5.97 Å². The van der Waals surface area contributed by atoms with Crippen LogP contribution < -0.4 is 0 Å². The van der Waals surface area contributed by atoms with Crippen LogP contribution in [0.25, 0.3) is 0 Å². The Labute approximate surface area is 140 Å². The van der Waals surface area contributed by atoms with Crippen molar-refractivity contribution in [3.8, 4) is 0 Å². The van der Waals surface area contributed by atoms with Crippen molar-refractivity contribution in [1.29, 1.82) is 0 Å². The van der Waals surface area contributed by atoms with E-state index in [0.29, 0.717) is 17.4 Å². The molecule has 3 rings (SSSR count). The number of carboxylic acid groups (broad SMARTS) is 1. The first-order chi connectivity index (χ1) is 10.7. The summed E-state index contributed by atoms with van der Waals surface area (Å²) in [7, 11) is 0. The molecule has 3 heteroatoms. The van der Waals surface area contributed by atoms with E-state index in [-0.39, 0.29) is 5.60 Å². The standard InChI is InChI=1S/C20H32O3/c1-19(2,3)23-17-8-7-16-15-6-5-13(12-18(21)22)11-14(15)9-10-20(16,17)4/h12,14-17H,5-11H2,1-4H3,(H,21,22)/b13-12+/t14-,15-,16+,17+,20+/m0/s1. The largest absolute Gasteiger partial charge is 0.478 e. The molecule has 0 aromatic carbocycles. The lowest BCUT2D eigenvalue weighted by Crippen LogP contribution is -2.46. The van der Waals surface area contributed by atoms with Crippen LogP contribution in [-0.2, 0) is 9.53 Å². The molecule has 0 aromatic heterocycles. The minimum Gasteiger partial charge on any atom is -0.478 e. The van der Waals surface area contributed by atoms with E-state index in [1.807, 2.05) is 0 Å². The van der Waals surface area contributed by atoms with Crippen LogP contribution >= 0.6 is 0 Å². The van der Waals surface area contributed by atoms with Gasteiger partial charge in [0, 0.05) is 6.08 Å². The summed E-state index contributed by atoms with van der Waals surface area (Å²) in [5.41, 5.74) is 1.41. The molecule has 0 radical (unpaired) electrons. The molecule has 0 amide bonds. The number of hydrogen-bond acceptors (Lipinski definition) is 2. The van der Waals surface area contributed by atoms with Crippen molar-refractivity contribution < 1.29 is 14.6 Å². The first-order valence-electron chi connectivity index (χ1n) is 9.29. The van der Waals surface area contributed by atoms with Crippen LogP contribution in [0.2, 0.25) is 0 Å². The Kier molecular flexibility index (Phi) is 4.37. The third-order valence-corrected chi connectivity index (χ3v) is 6.65. The molecule has 3 fully saturated rings. The van der Waals surface area contributed by atoms with Crippen LogP contribution in [0.5, 0.6) is 0 Å². The normalized spacial score (nSPS) is 42.3. The predicted molar refractivity (Wildman–Crippen MR) is 91.2 cm³/mol. The van der Waals surface area contributed by atoms with Gasteiger partial charge < -0.3 is 9.84 Å². The molecule has 3 saturated carbocycles. The Balaban J connectivity index is 1.73. The van der Waals surface area contributed by atoms with Gasteiger partial charge in [0.05, 0.1) is 11.7 Å². The third-order valence-electron chi connectivity index (χ3n) is 6.65. The Morgan fingerprint density at radius 3 is 2.65 bits per heavy atom. The van der Waals surface area contributed by atoms with Crippen molar-refractivity contribution in [1.82, 2.24) is 0 Å². The van der Waals surface area contributed by atoms with E-state index in [1.165, 1.54) is 38.2 Å². The van der Waals surface area contributed by atoms with Crippen molar-refractivity contribution in [3.63, 3.8) is 0 Å². The van der Waals surface area contributed by atoms with Crippen molar-refractivity contribution in [2.45, 2.75) is 84.3 Å². The van der Waals surface area contributed by atoms with Gasteiger partial charge in [0.25, 0.3) is 0 Å². The lowest BCUT2D eigenvalue weighted by molar-refractivity contribution is -0.131. The molecule has 1 N–H and O–H groups in total. The van der Waals surface area contributed by atoms with E-state index in [1.54, 1.807) is 0 Å². The molecule has 0 bridgehead atoms. The quantitative estimate of drug-likeness (QED) is 0.743. The average Bonchev–Trinajstić information content (AvgIpc) is 2.74. The molecule has 23 heavy (non-hydrogen) atoms. The second kappa shape index (κ2) is 5.91. The smallest absolute Gasteiger partial charge is 0.328 e. The summed E-state index contributed by atoms with van der Waals surface area (Å²) in [6.45, 7) is 8.95. The monoisotopic (exact) mass is 320 g/mol. The highest BCUT2D eigenvalue weighted by atomic mass is 16.5. The van der Waals surface area contributed by atoms with E-state index in [4.69, 9.17) is 9.84 Å². The third kappa shape index (κ3) is 3.35. The van der Waals surface area contributed by atoms with Gasteiger partial charge in [-0.05, 0) is 88.9 Å². The lowest BCUT2D eigenvalue weighted by atomic mass is 9.56. The summed E-state index contributed by atoms with van der Waals surface area (Å²) in [4.78, 5) is 10.9. The van der Waals surface area contributed by atoms with E-state index >= 15 is 0 Å². The number of allylic oxidation sites excluding steroid dienone is 1. The van der Waals surface area contributed by atoms with Crippen LogP contribution in [0.4, 0.5) is 0 Å². The molecule has 0 unspecified atom stereocenters. The first kappa shape index (κ1) is 17.0. The SMILES string of the molecule is CC(C)(C)O[C@@H]1CC[C@@H]2[C@H]3CC/C(=C\C(=O)O)C[C@@H]3CC[C@]21C. The maximum Gasteiger partial charge on any atom is 0.328 e. The highest BCUT2D eigenvalue weighted by Gasteiger charge is 2.55. The minimum atomic E-state index is -0.779. The molecule has 0 aliphatic heterocycles. The fourth-order valence-corrected chi connectivity index (χ4v) is 5.72. The number of hydrogen-bond donors (Lipinski definition) is 1. The first-order valence-corrected chi connectivity index (χ1v) is 9.29. The van der Waals surface area contributed by atoms with E-state index in [0.717, 1.165) is 30.3 Å². The number of carboxylic acids is 1. The Morgan fingerprint density at radius 2 is 2.00 bits per heavy atom. The molecule has 130 valence electrons. The molecular weight excluding hydrogens is 288 g/mol. The van der Waals surface area contributed by atoms with E-state index < -0.39 is 5.97 Å². The number of rotatable bonds is 2. The number of aliphatic carboxylic acids is 1. The number of carbonyl (C=O) groups is 1. The zero-order valence-electron chi connectivity index (χ0n) is 15.1. The van der Waals surface area contributed by atoms with Gasteiger partial charge in [0.2, 0.25) is 0 Å². The molecule has 3 aliphatic rings. The van der Waals surface area contributed by atoms with Gasteiger partial charge in [0.1, 0.15) is 0 Å². The van der Waals surface area contributed by atoms with Crippen molar-refractivity contribution in [2.24, 2.45) is 23.2 Å². The van der Waals surface area contributed by atoms with Crippen LogP contribution in [0, 0.1) is 23.2 Å². The van der Waals surface area contributed by atoms with Crippen LogP contribution in [-0.4, -0.2) is 22.8 Å². The number of fused-ring (bicyclic) bond motifs is 3. The van der Waals surface area contributed by atoms with Gasteiger partial charge in [-0.25, -0.2) is 4.79 Å². The Hall–Kier alpha value is -0.830. The summed E-state index contributed by atoms with van der Waals surface area (Å²) in [6, 6.07) is 0. The van der Waals surface area contributed by atoms with Crippen molar-refractivity contribution in [3.05, 3.63) is 11.6 Å². The predicted octanol–water partition coefficient (Wildman–Crippen LogP) is 4.81. The summed E-state index contributed by atoms with van der Waals surface area (Å²) >= 11 is 0. The maximum atomic E-state index is 10.9. The highest BCUT2D eigenvalue weighted by molar-refractivity contribution is 5.80. The molecule has 0 spiro atoms. The molecule has 5 atom stereocenters. The van der Waals surface area contributed by atoms with Crippen LogP contribution in [0.3, 0.4) is 0 Å². The topological polar surface area (TPSA) is 46.5 Å². The lowest BCUT2D eigenvalue weighted by Gasteiger charge is -2.51. The zero-order valence-corrected chi connectivity index (χ0v) is 15.1. The Bertz CT molecular complexity index is 502. The summed E-state index contributed by atoms with van der Waals surface area (Å²) in [5, 5.41) is 9.00. The molecular formula is C20H32O3. The van der Waals surface area contributed by atoms with Crippen molar-refractivity contribution >= 4 is 5.97 Å². The van der Waals surface area contributed by atoms with Crippen molar-refractivity contribution in [2.75, 3.05) is 0 Å².